The normalized spacial score (nSPS) is 11.8. The van der Waals surface area contributed by atoms with Crippen molar-refractivity contribution in [2.45, 2.75) is 44.9 Å². The Bertz CT molecular complexity index is 828. The maximum Gasteiger partial charge on any atom is 0.0571 e. The van der Waals surface area contributed by atoms with Crippen LogP contribution in [0.2, 0.25) is 23.2 Å². The van der Waals surface area contributed by atoms with Gasteiger partial charge < -0.3 is 0 Å². The van der Waals surface area contributed by atoms with Crippen LogP contribution in [0.1, 0.15) is 26.3 Å². The molecule has 3 aromatic rings. The third-order valence-corrected chi connectivity index (χ3v) is 14.5. The molecular formula is C25H30ClPSi. The number of benzene rings is 3. The van der Waals surface area contributed by atoms with Crippen LogP contribution in [0.3, 0.4) is 0 Å². The van der Waals surface area contributed by atoms with E-state index in [1.807, 2.05) is 0 Å². The monoisotopic (exact) mass is 424 g/mol. The molecule has 3 rings (SSSR count). The second-order valence-electron chi connectivity index (χ2n) is 7.52. The van der Waals surface area contributed by atoms with Crippen molar-refractivity contribution in [1.29, 1.82) is 0 Å². The fourth-order valence-corrected chi connectivity index (χ4v) is 10.3. The fraction of sp³-hybridized carbons (Fsp3) is 0.280. The van der Waals surface area contributed by atoms with Crippen molar-refractivity contribution < 1.29 is 0 Å². The molecule has 0 saturated carbocycles. The molecule has 0 radical (unpaired) electrons. The van der Waals surface area contributed by atoms with Crippen LogP contribution in [0.15, 0.2) is 78.9 Å². The number of hydrogen-bond acceptors (Lipinski definition) is 0. The van der Waals surface area contributed by atoms with E-state index in [-0.39, 0.29) is 0 Å². The Morgan fingerprint density at radius 2 is 1.21 bits per heavy atom. The van der Waals surface area contributed by atoms with Crippen LogP contribution in [0, 0.1) is 0 Å². The van der Waals surface area contributed by atoms with E-state index < -0.39 is 16.0 Å². The van der Waals surface area contributed by atoms with Gasteiger partial charge in [-0.15, -0.1) is 0 Å². The molecule has 0 aliphatic rings. The fourth-order valence-electron chi connectivity index (χ4n) is 4.01. The minimum Gasteiger partial charge on any atom is -0.0843 e. The zero-order valence-electron chi connectivity index (χ0n) is 17.2. The lowest BCUT2D eigenvalue weighted by atomic mass is 10.2. The minimum atomic E-state index is -1.29. The highest BCUT2D eigenvalue weighted by Crippen LogP contribution is 2.36. The summed E-state index contributed by atoms with van der Waals surface area (Å²) >= 11 is 6.53. The smallest absolute Gasteiger partial charge is 0.0571 e. The van der Waals surface area contributed by atoms with Gasteiger partial charge in [0.05, 0.1) is 8.07 Å². The Balaban J connectivity index is 2.16. The number of halogens is 1. The van der Waals surface area contributed by atoms with Crippen LogP contribution in [0.5, 0.6) is 0 Å². The van der Waals surface area contributed by atoms with Gasteiger partial charge in [0.15, 0.2) is 0 Å². The minimum absolute atomic E-state index is 0.613. The van der Waals surface area contributed by atoms with E-state index in [0.717, 1.165) is 5.02 Å². The van der Waals surface area contributed by atoms with Gasteiger partial charge in [-0.25, -0.2) is 0 Å². The van der Waals surface area contributed by atoms with Crippen LogP contribution < -0.4 is 15.9 Å². The first-order valence-corrected chi connectivity index (χ1v) is 14.9. The molecular weight excluding hydrogens is 395 g/mol. The van der Waals surface area contributed by atoms with Crippen LogP contribution in [-0.4, -0.2) is 8.07 Å². The van der Waals surface area contributed by atoms with Crippen LogP contribution in [0.25, 0.3) is 0 Å². The van der Waals surface area contributed by atoms with Crippen LogP contribution in [0.4, 0.5) is 0 Å². The first-order valence-electron chi connectivity index (χ1n) is 10.3. The Labute approximate surface area is 177 Å². The lowest BCUT2D eigenvalue weighted by Gasteiger charge is -2.31. The molecule has 0 amide bonds. The van der Waals surface area contributed by atoms with Crippen molar-refractivity contribution >= 4 is 43.5 Å². The summed E-state index contributed by atoms with van der Waals surface area (Å²) in [6, 6.07) is 33.8. The topological polar surface area (TPSA) is 0 Å². The Hall–Kier alpha value is -1.40. The molecule has 0 atom stereocenters. The predicted octanol–water partition coefficient (Wildman–Crippen LogP) is 6.69. The summed E-state index contributed by atoms with van der Waals surface area (Å²) in [4.78, 5) is 0. The highest BCUT2D eigenvalue weighted by Gasteiger charge is 2.29. The maximum atomic E-state index is 6.53. The van der Waals surface area contributed by atoms with Crippen molar-refractivity contribution in [2.24, 2.45) is 0 Å². The molecule has 3 heteroatoms. The molecule has 0 aliphatic heterocycles. The maximum absolute atomic E-state index is 6.53. The van der Waals surface area contributed by atoms with Crippen LogP contribution >= 0.6 is 19.5 Å². The zero-order valence-corrected chi connectivity index (χ0v) is 19.8. The molecule has 0 heterocycles. The molecule has 3 aromatic carbocycles. The van der Waals surface area contributed by atoms with E-state index in [1.165, 1.54) is 45.7 Å². The molecule has 0 nitrogen and oxygen atoms in total. The van der Waals surface area contributed by atoms with Crippen molar-refractivity contribution in [1.82, 2.24) is 0 Å². The lowest BCUT2D eigenvalue weighted by Crippen LogP contribution is -2.37. The Morgan fingerprint density at radius 3 is 1.68 bits per heavy atom. The third kappa shape index (κ3) is 4.77. The SMILES string of the molecule is CC[Si](CC)(CC)Cc1ccc(Cl)cc1P(c1ccccc1)c1ccccc1. The predicted molar refractivity (Wildman–Crippen MR) is 131 cm³/mol. The average Bonchev–Trinajstić information content (AvgIpc) is 2.75. The number of rotatable bonds is 8. The highest BCUT2D eigenvalue weighted by atomic mass is 35.5. The summed E-state index contributed by atoms with van der Waals surface area (Å²) in [5, 5.41) is 5.06. The average molecular weight is 425 g/mol. The van der Waals surface area contributed by atoms with Gasteiger partial charge in [-0.1, -0.05) is 117 Å². The van der Waals surface area contributed by atoms with E-state index in [4.69, 9.17) is 11.6 Å². The summed E-state index contributed by atoms with van der Waals surface area (Å²) in [7, 11) is -1.90. The van der Waals surface area contributed by atoms with Gasteiger partial charge in [-0.2, -0.15) is 0 Å². The Kier molecular flexibility index (Phi) is 7.52. The molecule has 0 bridgehead atoms. The van der Waals surface area contributed by atoms with Crippen molar-refractivity contribution in [2.75, 3.05) is 0 Å². The summed E-state index contributed by atoms with van der Waals surface area (Å²) in [5.41, 5.74) is 1.51. The number of hydrogen-bond donors (Lipinski definition) is 0. The van der Waals surface area contributed by atoms with E-state index in [2.05, 4.69) is 99.6 Å². The molecule has 0 unspecified atom stereocenters. The lowest BCUT2D eigenvalue weighted by molar-refractivity contribution is 1.10. The van der Waals surface area contributed by atoms with Crippen molar-refractivity contribution in [3.8, 4) is 0 Å². The van der Waals surface area contributed by atoms with Crippen LogP contribution in [-0.2, 0) is 6.04 Å². The Morgan fingerprint density at radius 1 is 0.714 bits per heavy atom. The highest BCUT2D eigenvalue weighted by molar-refractivity contribution is 7.80. The van der Waals surface area contributed by atoms with Gasteiger partial charge >= 0.3 is 0 Å². The van der Waals surface area contributed by atoms with Gasteiger partial charge in [-0.3, -0.25) is 0 Å². The molecule has 0 saturated heterocycles. The molecule has 146 valence electrons. The zero-order chi connectivity index (χ0) is 20.0. The van der Waals surface area contributed by atoms with Crippen molar-refractivity contribution in [3.05, 3.63) is 89.4 Å². The van der Waals surface area contributed by atoms with Gasteiger partial charge in [0.25, 0.3) is 0 Å². The standard InChI is InChI=1S/C25H30ClPSi/c1-4-28(5-2,6-3)20-21-17-18-22(26)19-25(21)27(23-13-9-7-10-14-23)24-15-11-8-12-16-24/h7-19H,4-6,20H2,1-3H3. The molecule has 0 fully saturated rings. The first-order chi connectivity index (χ1) is 13.6. The largest absolute Gasteiger partial charge is 0.0843 e. The van der Waals surface area contributed by atoms with E-state index in [9.17, 15) is 0 Å². The molecule has 0 aromatic heterocycles. The molecule has 0 aliphatic carbocycles. The summed E-state index contributed by atoms with van der Waals surface area (Å²) < 4.78 is 0. The molecule has 0 N–H and O–H groups in total. The van der Waals surface area contributed by atoms with Gasteiger partial charge in [0, 0.05) is 5.02 Å². The molecule has 0 spiro atoms. The molecule has 28 heavy (non-hydrogen) atoms. The van der Waals surface area contributed by atoms with Gasteiger partial charge in [0.2, 0.25) is 0 Å². The van der Waals surface area contributed by atoms with Gasteiger partial charge in [-0.05, 0) is 47.6 Å². The van der Waals surface area contributed by atoms with E-state index >= 15 is 0 Å². The van der Waals surface area contributed by atoms with E-state index in [0.29, 0.717) is 0 Å². The first kappa shape index (κ1) is 21.3. The van der Waals surface area contributed by atoms with Gasteiger partial charge in [0.1, 0.15) is 0 Å². The quantitative estimate of drug-likeness (QED) is 0.279. The summed E-state index contributed by atoms with van der Waals surface area (Å²) in [6.45, 7) is 7.18. The summed E-state index contributed by atoms with van der Waals surface area (Å²) in [5.74, 6) is 0. The van der Waals surface area contributed by atoms with E-state index in [1.54, 1.807) is 0 Å². The second kappa shape index (κ2) is 9.88. The third-order valence-electron chi connectivity index (χ3n) is 6.13. The second-order valence-corrected chi connectivity index (χ2v) is 15.6. The van der Waals surface area contributed by atoms with Crippen molar-refractivity contribution in [3.63, 3.8) is 0 Å². The summed E-state index contributed by atoms with van der Waals surface area (Å²) in [6.07, 6.45) is 0.